The topological polar surface area (TPSA) is 103 Å². The summed E-state index contributed by atoms with van der Waals surface area (Å²) in [6.45, 7) is 4.29. The minimum atomic E-state index is -0.633. The highest BCUT2D eigenvalue weighted by Crippen LogP contribution is 2.14. The van der Waals surface area contributed by atoms with Crippen LogP contribution < -0.4 is 10.9 Å². The molecule has 0 aliphatic carbocycles. The molecule has 0 aliphatic rings. The van der Waals surface area contributed by atoms with Crippen LogP contribution in [0.1, 0.15) is 40.1 Å². The number of carbonyl (C=O) groups is 2. The molecule has 156 valence electrons. The van der Waals surface area contributed by atoms with E-state index < -0.39 is 5.97 Å². The van der Waals surface area contributed by atoms with Crippen LogP contribution in [-0.2, 0) is 29.1 Å². The number of hydrogen-bond donors (Lipinski definition) is 1. The molecular formula is C21H22N4O4S. The monoisotopic (exact) mass is 426 g/mol. The molecule has 0 spiro atoms. The van der Waals surface area contributed by atoms with E-state index in [9.17, 15) is 14.4 Å². The lowest BCUT2D eigenvalue weighted by molar-refractivity contribution is -0.115. The van der Waals surface area contributed by atoms with E-state index in [4.69, 9.17) is 4.74 Å². The summed E-state index contributed by atoms with van der Waals surface area (Å²) in [4.78, 5) is 40.4. The fourth-order valence-electron chi connectivity index (χ4n) is 2.62. The zero-order chi connectivity index (χ0) is 21.5. The number of nitrogens with one attached hydrogen (secondary N) is 1. The zero-order valence-electron chi connectivity index (χ0n) is 16.8. The standard InChI is InChI=1S/C21H22N4O4S/c1-3-10-25-20(27)9-8-17(24-25)21(28)29-12-16-13-30-19(23-16)11-18(26)22-15-6-4-14(2)5-7-15/h4-9,13H,3,10-12H2,1-2H3,(H,22,26). The summed E-state index contributed by atoms with van der Waals surface area (Å²) >= 11 is 1.33. The van der Waals surface area contributed by atoms with Crippen molar-refractivity contribution in [1.29, 1.82) is 0 Å². The fraction of sp³-hybridized carbons (Fsp3) is 0.286. The molecule has 0 aliphatic heterocycles. The van der Waals surface area contributed by atoms with Gasteiger partial charge < -0.3 is 10.1 Å². The molecule has 0 saturated carbocycles. The number of nitrogens with zero attached hydrogens (tertiary/aromatic N) is 3. The second kappa shape index (κ2) is 9.93. The second-order valence-electron chi connectivity index (χ2n) is 6.68. The zero-order valence-corrected chi connectivity index (χ0v) is 17.6. The van der Waals surface area contributed by atoms with Crippen LogP contribution in [0, 0.1) is 6.92 Å². The van der Waals surface area contributed by atoms with E-state index in [1.165, 1.54) is 28.2 Å². The van der Waals surface area contributed by atoms with Gasteiger partial charge in [0, 0.05) is 23.7 Å². The number of aryl methyl sites for hydroxylation is 2. The average molecular weight is 426 g/mol. The maximum atomic E-state index is 12.2. The predicted octanol–water partition coefficient (Wildman–Crippen LogP) is 2.96. The Morgan fingerprint density at radius 1 is 1.17 bits per heavy atom. The van der Waals surface area contributed by atoms with E-state index >= 15 is 0 Å². The minimum Gasteiger partial charge on any atom is -0.454 e. The van der Waals surface area contributed by atoms with Crippen molar-refractivity contribution < 1.29 is 14.3 Å². The summed E-state index contributed by atoms with van der Waals surface area (Å²) in [6, 6.07) is 10.2. The molecule has 1 amide bonds. The highest BCUT2D eigenvalue weighted by molar-refractivity contribution is 7.09. The quantitative estimate of drug-likeness (QED) is 0.556. The fourth-order valence-corrected chi connectivity index (χ4v) is 3.40. The molecule has 2 aromatic heterocycles. The van der Waals surface area contributed by atoms with Crippen LogP contribution in [0.3, 0.4) is 0 Å². The molecule has 0 bridgehead atoms. The van der Waals surface area contributed by atoms with Crippen molar-refractivity contribution in [3.8, 4) is 0 Å². The third-order valence-electron chi connectivity index (χ3n) is 4.11. The number of thiazole rings is 1. The number of benzene rings is 1. The Balaban J connectivity index is 1.53. The summed E-state index contributed by atoms with van der Waals surface area (Å²) < 4.78 is 6.48. The first-order chi connectivity index (χ1) is 14.4. The maximum absolute atomic E-state index is 12.2. The molecule has 8 nitrogen and oxygen atoms in total. The van der Waals surface area contributed by atoms with Crippen molar-refractivity contribution in [2.75, 3.05) is 5.32 Å². The van der Waals surface area contributed by atoms with Crippen molar-refractivity contribution in [3.63, 3.8) is 0 Å². The molecule has 3 aromatic rings. The van der Waals surface area contributed by atoms with Gasteiger partial charge in [0.15, 0.2) is 5.69 Å². The summed E-state index contributed by atoms with van der Waals surface area (Å²) in [7, 11) is 0. The third-order valence-corrected chi connectivity index (χ3v) is 5.01. The van der Waals surface area contributed by atoms with Crippen molar-refractivity contribution in [2.45, 2.75) is 39.8 Å². The number of anilines is 1. The van der Waals surface area contributed by atoms with E-state index in [2.05, 4.69) is 15.4 Å². The van der Waals surface area contributed by atoms with Gasteiger partial charge in [0.25, 0.3) is 5.56 Å². The normalized spacial score (nSPS) is 10.6. The summed E-state index contributed by atoms with van der Waals surface area (Å²) in [5.41, 5.74) is 2.20. The third kappa shape index (κ3) is 5.84. The van der Waals surface area contributed by atoms with E-state index in [-0.39, 0.29) is 30.2 Å². The van der Waals surface area contributed by atoms with Gasteiger partial charge in [-0.05, 0) is 31.5 Å². The van der Waals surface area contributed by atoms with Gasteiger partial charge in [-0.3, -0.25) is 9.59 Å². The second-order valence-corrected chi connectivity index (χ2v) is 7.62. The largest absolute Gasteiger partial charge is 0.454 e. The van der Waals surface area contributed by atoms with Crippen LogP contribution in [0.2, 0.25) is 0 Å². The number of carbonyl (C=O) groups excluding carboxylic acids is 2. The number of aromatic nitrogens is 3. The lowest BCUT2D eigenvalue weighted by Crippen LogP contribution is -2.24. The van der Waals surface area contributed by atoms with Crippen LogP contribution in [0.15, 0.2) is 46.6 Å². The Bertz CT molecular complexity index is 1090. The molecule has 0 atom stereocenters. The maximum Gasteiger partial charge on any atom is 0.359 e. The Kier molecular flexibility index (Phi) is 7.08. The molecule has 9 heteroatoms. The van der Waals surface area contributed by atoms with E-state index in [1.807, 2.05) is 38.1 Å². The Hall–Kier alpha value is -3.33. The van der Waals surface area contributed by atoms with Gasteiger partial charge in [0.1, 0.15) is 11.6 Å². The van der Waals surface area contributed by atoms with E-state index in [0.29, 0.717) is 17.2 Å². The van der Waals surface area contributed by atoms with Crippen molar-refractivity contribution in [2.24, 2.45) is 0 Å². The number of amides is 1. The molecule has 3 rings (SSSR count). The van der Waals surface area contributed by atoms with Crippen molar-refractivity contribution in [1.82, 2.24) is 14.8 Å². The van der Waals surface area contributed by atoms with Crippen LogP contribution in [0.5, 0.6) is 0 Å². The van der Waals surface area contributed by atoms with Crippen molar-refractivity contribution in [3.05, 3.63) is 74.1 Å². The van der Waals surface area contributed by atoms with E-state index in [0.717, 1.165) is 17.7 Å². The van der Waals surface area contributed by atoms with Gasteiger partial charge in [-0.15, -0.1) is 11.3 Å². The molecule has 0 radical (unpaired) electrons. The van der Waals surface area contributed by atoms with Crippen LogP contribution in [0.4, 0.5) is 5.69 Å². The molecule has 0 unspecified atom stereocenters. The summed E-state index contributed by atoms with van der Waals surface area (Å²) in [5, 5.41) is 9.22. The predicted molar refractivity (Wildman–Crippen MR) is 114 cm³/mol. The molecular weight excluding hydrogens is 404 g/mol. The van der Waals surface area contributed by atoms with Crippen molar-refractivity contribution >= 4 is 28.9 Å². The SMILES string of the molecule is CCCn1nc(C(=O)OCc2csc(CC(=O)Nc3ccc(C)cc3)n2)ccc1=O. The van der Waals surface area contributed by atoms with Gasteiger partial charge >= 0.3 is 5.97 Å². The molecule has 0 saturated heterocycles. The number of hydrogen-bond acceptors (Lipinski definition) is 7. The molecule has 1 aromatic carbocycles. The van der Waals surface area contributed by atoms with Gasteiger partial charge in [-0.25, -0.2) is 14.5 Å². The molecule has 0 fully saturated rings. The molecule has 2 heterocycles. The van der Waals surface area contributed by atoms with E-state index in [1.54, 1.807) is 5.38 Å². The molecule has 30 heavy (non-hydrogen) atoms. The van der Waals surface area contributed by atoms with Crippen LogP contribution >= 0.6 is 11.3 Å². The highest BCUT2D eigenvalue weighted by atomic mass is 32.1. The van der Waals surface area contributed by atoms with Gasteiger partial charge in [0.2, 0.25) is 5.91 Å². The Labute approximate surface area is 177 Å². The highest BCUT2D eigenvalue weighted by Gasteiger charge is 2.13. The van der Waals surface area contributed by atoms with Gasteiger partial charge in [-0.2, -0.15) is 5.10 Å². The molecule has 1 N–H and O–H groups in total. The smallest absolute Gasteiger partial charge is 0.359 e. The minimum absolute atomic E-state index is 0.0382. The average Bonchev–Trinajstić information content (AvgIpc) is 3.17. The van der Waals surface area contributed by atoms with Crippen LogP contribution in [-0.4, -0.2) is 26.6 Å². The first kappa shape index (κ1) is 21.4. The summed E-state index contributed by atoms with van der Waals surface area (Å²) in [6.07, 6.45) is 0.862. The Morgan fingerprint density at radius 2 is 1.93 bits per heavy atom. The Morgan fingerprint density at radius 3 is 2.67 bits per heavy atom. The first-order valence-electron chi connectivity index (χ1n) is 9.49. The summed E-state index contributed by atoms with van der Waals surface area (Å²) in [5.74, 6) is -0.800. The first-order valence-corrected chi connectivity index (χ1v) is 10.4. The lowest BCUT2D eigenvalue weighted by Gasteiger charge is -2.05. The number of rotatable bonds is 8. The number of ether oxygens (including phenoxy) is 1. The van der Waals surface area contributed by atoms with Gasteiger partial charge in [-0.1, -0.05) is 24.6 Å². The number of esters is 1. The lowest BCUT2D eigenvalue weighted by atomic mass is 10.2. The van der Waals surface area contributed by atoms with Gasteiger partial charge in [0.05, 0.1) is 12.1 Å². The van der Waals surface area contributed by atoms with Crippen LogP contribution in [0.25, 0.3) is 0 Å².